The van der Waals surface area contributed by atoms with E-state index in [1.54, 1.807) is 63.6 Å². The molecule has 30 heteroatoms. The monoisotopic (exact) mass is 1260 g/mol. The first-order valence-corrected chi connectivity index (χ1v) is 27.7. The second-order valence-corrected chi connectivity index (χ2v) is 22.7. The van der Waals surface area contributed by atoms with Gasteiger partial charge in [0.05, 0.1) is 47.8 Å². The second kappa shape index (κ2) is 23.8. The Morgan fingerprint density at radius 3 is 1.43 bits per heavy atom. The van der Waals surface area contributed by atoms with Crippen LogP contribution in [0.25, 0.3) is 45.7 Å². The molecular formula is C53H56BBr2N19O8. The van der Waals surface area contributed by atoms with Gasteiger partial charge in [0.25, 0.3) is 0 Å². The molecule has 428 valence electrons. The van der Waals surface area contributed by atoms with Crippen LogP contribution in [0, 0.1) is 0 Å². The molecule has 2 aromatic carbocycles. The molecule has 27 nitrogen and oxygen atoms in total. The van der Waals surface area contributed by atoms with Crippen LogP contribution in [0.2, 0.25) is 0 Å². The molecule has 5 aliphatic heterocycles. The fourth-order valence-electron chi connectivity index (χ4n) is 9.74. The van der Waals surface area contributed by atoms with Crippen molar-refractivity contribution in [2.75, 3.05) is 22.9 Å². The van der Waals surface area contributed by atoms with E-state index >= 15 is 0 Å². The Hall–Kier alpha value is -8.48. The number of nitrogens with one attached hydrogen (secondary N) is 2. The number of rotatable bonds is 9. The van der Waals surface area contributed by atoms with E-state index in [0.29, 0.717) is 48.4 Å². The van der Waals surface area contributed by atoms with Gasteiger partial charge >= 0.3 is 19.3 Å². The average Bonchev–Trinajstić information content (AvgIpc) is 2.63. The molecule has 13 rings (SSSR count). The lowest BCUT2D eigenvalue weighted by Crippen LogP contribution is -2.41. The highest BCUT2D eigenvalue weighted by Crippen LogP contribution is 2.42. The summed E-state index contributed by atoms with van der Waals surface area (Å²) in [5.41, 5.74) is 8.26. The number of pyridine rings is 3. The summed E-state index contributed by atoms with van der Waals surface area (Å²) in [6.07, 6.45) is 5.32. The van der Waals surface area contributed by atoms with Crippen molar-refractivity contribution in [3.63, 3.8) is 0 Å². The normalized spacial score (nSPS) is 19.1. The summed E-state index contributed by atoms with van der Waals surface area (Å²) in [4.78, 5) is 62.9. The summed E-state index contributed by atoms with van der Waals surface area (Å²) in [7, 11) is 4.91. The molecule has 3 fully saturated rings. The van der Waals surface area contributed by atoms with Gasteiger partial charge < -0.3 is 29.4 Å². The third-order valence-corrected chi connectivity index (χ3v) is 15.7. The van der Waals surface area contributed by atoms with Crippen LogP contribution >= 0.6 is 31.9 Å². The zero-order valence-corrected chi connectivity index (χ0v) is 49.7. The molecule has 2 N–H and O–H groups in total. The van der Waals surface area contributed by atoms with Crippen LogP contribution in [0.1, 0.15) is 52.7 Å². The van der Waals surface area contributed by atoms with Crippen LogP contribution in [0.4, 0.5) is 21.0 Å². The molecule has 5 aliphatic rings. The van der Waals surface area contributed by atoms with E-state index in [1.807, 2.05) is 94.4 Å². The number of amides is 4. The molecule has 8 aromatic rings. The SMILES string of the molecule is CC(=O)NC[C@@H]1OC(=O)N2c3ccc(-c4ccc(-c5nnnn5C)nc4)cc3C[C@@H]12.CC(=O)NC[C@@H]1OC(=O)N2c3ccc(Br)cc3C[C@@H]12.Cn1nnnc1-c1ccc(B2OC(C)(C)C(C)(C)O2)cn1.Cn1nnnc1-c1ccc(Br)cn1. The molecule has 0 unspecified atom stereocenters. The van der Waals surface area contributed by atoms with Crippen LogP contribution in [0.5, 0.6) is 0 Å². The largest absolute Gasteiger partial charge is 0.496 e. The van der Waals surface area contributed by atoms with Crippen molar-refractivity contribution in [3.05, 3.63) is 111 Å². The van der Waals surface area contributed by atoms with E-state index in [-0.39, 0.29) is 59.5 Å². The summed E-state index contributed by atoms with van der Waals surface area (Å²) in [6, 6.07) is 23.1. The average molecular weight is 1260 g/mol. The number of aryl methyl sites for hydroxylation is 3. The Morgan fingerprint density at radius 2 is 1.01 bits per heavy atom. The van der Waals surface area contributed by atoms with E-state index in [1.165, 1.54) is 13.8 Å². The standard InChI is InChI=1S/C20H19N7O3.C13H18BN5O2.C13H13BrN2O3.C7H6BrN5/c1-11(28)21-10-18-17-8-14-7-12(4-6-16(14)27(17)20(29)30-18)13-3-5-15(22-9-13)19-23-24-25-26(19)2;1-12(2)13(3,4)21-14(20-12)9-6-7-10(15-8-9)11-16-17-18-19(11)5;1-7(17)15-6-12-11-5-8-4-9(14)2-3-10(8)16(11)13(18)19-12;1-13-7(10-11-12-13)6-3-2-5(8)4-9-6/h3-7,9,17-18H,8,10H2,1-2H3,(H,21,28);6-8H,1-5H3;2-4,11-12H,5-6H2,1H3,(H,15,17);2-4H,1H3/t17-,18-;;11-,12-;/m0.0./s1. The molecular weight excluding hydrogens is 1200 g/mol. The molecule has 4 amide bonds. The number of ether oxygens (including phenoxy) is 2. The number of carbonyl (C=O) groups excluding carboxylic acids is 4. The summed E-state index contributed by atoms with van der Waals surface area (Å²) in [5.74, 6) is 1.62. The number of hydrogen-bond donors (Lipinski definition) is 2. The van der Waals surface area contributed by atoms with Crippen molar-refractivity contribution in [1.82, 2.24) is 86.2 Å². The minimum atomic E-state index is -0.408. The lowest BCUT2D eigenvalue weighted by atomic mass is 9.80. The molecule has 83 heavy (non-hydrogen) atoms. The number of tetrazole rings is 3. The number of carbonyl (C=O) groups is 4. The second-order valence-electron chi connectivity index (χ2n) is 20.9. The summed E-state index contributed by atoms with van der Waals surface area (Å²) < 4.78 is 29.4. The van der Waals surface area contributed by atoms with Crippen molar-refractivity contribution < 1.29 is 38.0 Å². The quantitative estimate of drug-likeness (QED) is 0.184. The maximum Gasteiger partial charge on any atom is 0.496 e. The molecule has 11 heterocycles. The third kappa shape index (κ3) is 12.3. The van der Waals surface area contributed by atoms with Crippen molar-refractivity contribution in [2.45, 2.75) is 89.9 Å². The number of cyclic esters (lactones) is 2. The number of hydrogen-bond acceptors (Lipinski definition) is 20. The first-order chi connectivity index (χ1) is 39.6. The number of fused-ring (bicyclic) bond motifs is 6. The Balaban J connectivity index is 0.000000129. The zero-order chi connectivity index (χ0) is 58.9. The van der Waals surface area contributed by atoms with Crippen LogP contribution in [-0.2, 0) is 62.4 Å². The van der Waals surface area contributed by atoms with Gasteiger partial charge in [-0.3, -0.25) is 34.3 Å². The van der Waals surface area contributed by atoms with E-state index in [0.717, 1.165) is 60.2 Å². The van der Waals surface area contributed by atoms with Gasteiger partial charge in [-0.2, -0.15) is 0 Å². The molecule has 3 saturated heterocycles. The van der Waals surface area contributed by atoms with Gasteiger partial charge in [0.15, 0.2) is 17.5 Å². The smallest absolute Gasteiger partial charge is 0.442 e. The van der Waals surface area contributed by atoms with Crippen molar-refractivity contribution in [1.29, 1.82) is 0 Å². The van der Waals surface area contributed by atoms with Crippen LogP contribution in [0.15, 0.2) is 100 Å². The lowest BCUT2D eigenvalue weighted by molar-refractivity contribution is -0.120. The van der Waals surface area contributed by atoms with Gasteiger partial charge in [-0.1, -0.05) is 34.1 Å². The topological polar surface area (TPSA) is 305 Å². The van der Waals surface area contributed by atoms with E-state index in [2.05, 4.69) is 110 Å². The lowest BCUT2D eigenvalue weighted by Gasteiger charge is -2.32. The molecule has 6 aromatic heterocycles. The number of halogens is 2. The highest BCUT2D eigenvalue weighted by molar-refractivity contribution is 9.10. The minimum Gasteiger partial charge on any atom is -0.442 e. The highest BCUT2D eigenvalue weighted by Gasteiger charge is 2.52. The first-order valence-electron chi connectivity index (χ1n) is 26.1. The van der Waals surface area contributed by atoms with Crippen LogP contribution in [0.3, 0.4) is 0 Å². The molecule has 0 radical (unpaired) electrons. The molecule has 0 aliphatic carbocycles. The number of anilines is 2. The highest BCUT2D eigenvalue weighted by atomic mass is 79.9. The Labute approximate surface area is 492 Å². The predicted molar refractivity (Wildman–Crippen MR) is 307 cm³/mol. The maximum absolute atomic E-state index is 12.4. The fourth-order valence-corrected chi connectivity index (χ4v) is 10.4. The summed E-state index contributed by atoms with van der Waals surface area (Å²) >= 11 is 6.74. The summed E-state index contributed by atoms with van der Waals surface area (Å²) in [5, 5.41) is 39.3. The third-order valence-electron chi connectivity index (χ3n) is 14.7. The van der Waals surface area contributed by atoms with E-state index < -0.39 is 7.12 Å². The predicted octanol–water partition coefficient (Wildman–Crippen LogP) is 4.77. The van der Waals surface area contributed by atoms with Crippen molar-refractivity contribution in [2.24, 2.45) is 21.1 Å². The maximum atomic E-state index is 12.4. The number of aromatic nitrogens is 15. The molecule has 0 spiro atoms. The Bertz CT molecular complexity index is 3680. The van der Waals surface area contributed by atoms with Gasteiger partial charge in [-0.15, -0.1) is 15.3 Å². The molecule has 0 saturated carbocycles. The zero-order valence-electron chi connectivity index (χ0n) is 46.5. The van der Waals surface area contributed by atoms with Crippen LogP contribution in [-0.4, -0.2) is 155 Å². The van der Waals surface area contributed by atoms with Gasteiger partial charge in [0, 0.05) is 73.6 Å². The Kier molecular flexibility index (Phi) is 16.5. The Morgan fingerprint density at radius 1 is 0.578 bits per heavy atom. The molecule has 4 atom stereocenters. The molecule has 0 bridgehead atoms. The van der Waals surface area contributed by atoms with Gasteiger partial charge in [0.2, 0.25) is 11.8 Å². The number of benzene rings is 2. The summed E-state index contributed by atoms with van der Waals surface area (Å²) in [6.45, 7) is 11.7. The van der Waals surface area contributed by atoms with Gasteiger partial charge in [-0.05, 0) is 159 Å². The van der Waals surface area contributed by atoms with Crippen molar-refractivity contribution in [3.8, 4) is 45.7 Å². The fraction of sp³-hybridized carbons (Fsp3) is 0.358. The number of nitrogens with zero attached hydrogens (tertiary/aromatic N) is 17. The van der Waals surface area contributed by atoms with Gasteiger partial charge in [0.1, 0.15) is 29.3 Å². The van der Waals surface area contributed by atoms with Crippen molar-refractivity contribution >= 4 is 79.8 Å². The first kappa shape index (κ1) is 57.7. The van der Waals surface area contributed by atoms with E-state index in [9.17, 15) is 19.2 Å². The van der Waals surface area contributed by atoms with Crippen LogP contribution < -0.4 is 25.9 Å². The van der Waals surface area contributed by atoms with Gasteiger partial charge in [-0.25, -0.2) is 23.6 Å². The van der Waals surface area contributed by atoms with E-state index in [4.69, 9.17) is 18.8 Å². The minimum absolute atomic E-state index is 0.0244.